The summed E-state index contributed by atoms with van der Waals surface area (Å²) in [4.78, 5) is 13.3. The quantitative estimate of drug-likeness (QED) is 0.821. The van der Waals surface area contributed by atoms with Gasteiger partial charge in [0.1, 0.15) is 10.7 Å². The second-order valence-corrected chi connectivity index (χ2v) is 6.61. The molecular formula is C13H9Cl2FN2O3S. The Morgan fingerprint density at radius 1 is 1.09 bits per heavy atom. The van der Waals surface area contributed by atoms with Crippen LogP contribution in [0.5, 0.6) is 0 Å². The van der Waals surface area contributed by atoms with Crippen molar-refractivity contribution in [2.75, 3.05) is 0 Å². The largest absolute Gasteiger partial charge is 0.273 e. The second-order valence-electron chi connectivity index (χ2n) is 4.11. The third kappa shape index (κ3) is 3.75. The molecule has 0 aliphatic heterocycles. The van der Waals surface area contributed by atoms with E-state index in [1.807, 2.05) is 10.3 Å². The van der Waals surface area contributed by atoms with Crippen LogP contribution in [0, 0.1) is 5.82 Å². The predicted molar refractivity (Wildman–Crippen MR) is 80.6 cm³/mol. The van der Waals surface area contributed by atoms with Crippen LogP contribution >= 0.6 is 23.2 Å². The van der Waals surface area contributed by atoms with E-state index in [1.165, 1.54) is 30.3 Å². The van der Waals surface area contributed by atoms with Gasteiger partial charge in [-0.3, -0.25) is 10.2 Å². The van der Waals surface area contributed by atoms with Gasteiger partial charge in [0.15, 0.2) is 0 Å². The average Bonchev–Trinajstić information content (AvgIpc) is 2.48. The van der Waals surface area contributed by atoms with Crippen LogP contribution in [0.25, 0.3) is 0 Å². The summed E-state index contributed by atoms with van der Waals surface area (Å²) in [5.74, 6) is -1.72. The molecule has 22 heavy (non-hydrogen) atoms. The van der Waals surface area contributed by atoms with E-state index in [0.29, 0.717) is 0 Å². The molecule has 0 bridgehead atoms. The molecule has 0 unspecified atom stereocenters. The van der Waals surface area contributed by atoms with Gasteiger partial charge in [0.25, 0.3) is 15.9 Å². The fourth-order valence-electron chi connectivity index (χ4n) is 1.56. The number of carbonyl (C=O) groups is 1. The van der Waals surface area contributed by atoms with Crippen LogP contribution < -0.4 is 10.3 Å². The first-order chi connectivity index (χ1) is 10.3. The lowest BCUT2D eigenvalue weighted by atomic mass is 10.2. The summed E-state index contributed by atoms with van der Waals surface area (Å²) >= 11 is 11.5. The Morgan fingerprint density at radius 3 is 2.45 bits per heavy atom. The molecule has 0 heterocycles. The molecule has 1 amide bonds. The number of nitrogens with one attached hydrogen (secondary N) is 2. The minimum atomic E-state index is -4.15. The Balaban J connectivity index is 2.18. The van der Waals surface area contributed by atoms with Crippen molar-refractivity contribution in [3.63, 3.8) is 0 Å². The maximum absolute atomic E-state index is 13.4. The Labute approximate surface area is 136 Å². The maximum Gasteiger partial charge on any atom is 0.269 e. The third-order valence-electron chi connectivity index (χ3n) is 2.60. The van der Waals surface area contributed by atoms with E-state index in [9.17, 15) is 17.6 Å². The van der Waals surface area contributed by atoms with Gasteiger partial charge in [-0.15, -0.1) is 4.83 Å². The smallest absolute Gasteiger partial charge is 0.269 e. The Hall–Kier alpha value is -1.67. The maximum atomic E-state index is 13.4. The summed E-state index contributed by atoms with van der Waals surface area (Å²) in [6, 6.07) is 8.99. The molecule has 0 fully saturated rings. The number of rotatable bonds is 4. The molecule has 2 rings (SSSR count). The van der Waals surface area contributed by atoms with E-state index in [-0.39, 0.29) is 20.5 Å². The van der Waals surface area contributed by atoms with Crippen LogP contribution in [0.4, 0.5) is 4.39 Å². The van der Waals surface area contributed by atoms with E-state index < -0.39 is 21.7 Å². The van der Waals surface area contributed by atoms with E-state index >= 15 is 0 Å². The molecule has 2 aromatic carbocycles. The van der Waals surface area contributed by atoms with Crippen LogP contribution in [-0.2, 0) is 10.0 Å². The lowest BCUT2D eigenvalue weighted by Gasteiger charge is -2.10. The SMILES string of the molecule is O=C(NNS(=O)(=O)c1cc(Cl)ccc1Cl)c1ccccc1F. The number of hydrazine groups is 1. The lowest BCUT2D eigenvalue weighted by molar-refractivity contribution is 0.0941. The van der Waals surface area contributed by atoms with Gasteiger partial charge >= 0.3 is 0 Å². The molecular weight excluding hydrogens is 354 g/mol. The van der Waals surface area contributed by atoms with Crippen LogP contribution in [0.3, 0.4) is 0 Å². The molecule has 0 saturated carbocycles. The summed E-state index contributed by atoms with van der Waals surface area (Å²) in [6.45, 7) is 0. The Bertz CT molecular complexity index is 828. The predicted octanol–water partition coefficient (Wildman–Crippen LogP) is 2.76. The minimum absolute atomic E-state index is 0.0722. The number of amides is 1. The van der Waals surface area contributed by atoms with Crippen LogP contribution in [0.1, 0.15) is 10.4 Å². The molecule has 9 heteroatoms. The fourth-order valence-corrected chi connectivity index (χ4v) is 3.17. The van der Waals surface area contributed by atoms with E-state index in [2.05, 4.69) is 0 Å². The molecule has 0 aliphatic rings. The van der Waals surface area contributed by atoms with Crippen molar-refractivity contribution in [2.24, 2.45) is 0 Å². The Morgan fingerprint density at radius 2 is 1.77 bits per heavy atom. The van der Waals surface area contributed by atoms with Gasteiger partial charge in [0.2, 0.25) is 0 Å². The van der Waals surface area contributed by atoms with Crippen molar-refractivity contribution in [1.82, 2.24) is 10.3 Å². The number of hydrogen-bond acceptors (Lipinski definition) is 3. The van der Waals surface area contributed by atoms with Crippen molar-refractivity contribution in [3.8, 4) is 0 Å². The Kier molecular flexibility index (Phi) is 5.02. The molecule has 0 atom stereocenters. The normalized spacial score (nSPS) is 11.2. The van der Waals surface area contributed by atoms with Crippen LogP contribution in [0.15, 0.2) is 47.4 Å². The van der Waals surface area contributed by atoms with Gasteiger partial charge in [0.05, 0.1) is 10.6 Å². The van der Waals surface area contributed by atoms with Crippen molar-refractivity contribution < 1.29 is 17.6 Å². The zero-order valence-corrected chi connectivity index (χ0v) is 13.1. The van der Waals surface area contributed by atoms with Crippen LogP contribution in [-0.4, -0.2) is 14.3 Å². The topological polar surface area (TPSA) is 75.3 Å². The standard InChI is InChI=1S/C13H9Cl2FN2O3S/c14-8-5-6-10(15)12(7-8)22(20,21)18-17-13(19)9-3-1-2-4-11(9)16/h1-7,18H,(H,17,19). The zero-order chi connectivity index (χ0) is 16.3. The first-order valence-corrected chi connectivity index (χ1v) is 8.07. The molecule has 0 saturated heterocycles. The van der Waals surface area contributed by atoms with Crippen molar-refractivity contribution in [1.29, 1.82) is 0 Å². The minimum Gasteiger partial charge on any atom is -0.273 e. The molecule has 116 valence electrons. The first kappa shape index (κ1) is 16.7. The van der Waals surface area contributed by atoms with Gasteiger partial charge < -0.3 is 0 Å². The summed E-state index contributed by atoms with van der Waals surface area (Å²) < 4.78 is 37.5. The number of halogens is 3. The molecule has 2 aromatic rings. The zero-order valence-electron chi connectivity index (χ0n) is 10.8. The van der Waals surface area contributed by atoms with Crippen LogP contribution in [0.2, 0.25) is 10.0 Å². The van der Waals surface area contributed by atoms with Crippen molar-refractivity contribution >= 4 is 39.1 Å². The number of benzene rings is 2. The number of hydrogen-bond donors (Lipinski definition) is 2. The molecule has 5 nitrogen and oxygen atoms in total. The van der Waals surface area contributed by atoms with Gasteiger partial charge in [0, 0.05) is 5.02 Å². The van der Waals surface area contributed by atoms with E-state index in [1.54, 1.807) is 0 Å². The third-order valence-corrected chi connectivity index (χ3v) is 4.56. The molecule has 2 N–H and O–H groups in total. The van der Waals surface area contributed by atoms with Gasteiger partial charge in [-0.25, -0.2) is 12.8 Å². The highest BCUT2D eigenvalue weighted by atomic mass is 35.5. The monoisotopic (exact) mass is 362 g/mol. The average molecular weight is 363 g/mol. The molecule has 0 radical (unpaired) electrons. The molecule has 0 aliphatic carbocycles. The lowest BCUT2D eigenvalue weighted by Crippen LogP contribution is -2.41. The molecule has 0 aromatic heterocycles. The highest BCUT2D eigenvalue weighted by Gasteiger charge is 2.20. The molecule has 0 spiro atoms. The van der Waals surface area contributed by atoms with E-state index in [0.717, 1.165) is 12.1 Å². The summed E-state index contributed by atoms with van der Waals surface area (Å²) in [5, 5.41) is 0.0854. The fraction of sp³-hybridized carbons (Fsp3) is 0. The summed E-state index contributed by atoms with van der Waals surface area (Å²) in [7, 11) is -4.15. The number of sulfonamides is 1. The summed E-state index contributed by atoms with van der Waals surface area (Å²) in [5.41, 5.74) is 1.60. The highest BCUT2D eigenvalue weighted by molar-refractivity contribution is 7.89. The van der Waals surface area contributed by atoms with Gasteiger partial charge in [-0.1, -0.05) is 35.3 Å². The highest BCUT2D eigenvalue weighted by Crippen LogP contribution is 2.24. The number of carbonyl (C=O) groups excluding carboxylic acids is 1. The van der Waals surface area contributed by atoms with E-state index in [4.69, 9.17) is 23.2 Å². The first-order valence-electron chi connectivity index (χ1n) is 5.83. The summed E-state index contributed by atoms with van der Waals surface area (Å²) in [6.07, 6.45) is 0. The van der Waals surface area contributed by atoms with Crippen molar-refractivity contribution in [2.45, 2.75) is 4.90 Å². The van der Waals surface area contributed by atoms with Gasteiger partial charge in [-0.2, -0.15) is 0 Å². The second kappa shape index (κ2) is 6.62. The van der Waals surface area contributed by atoms with Crippen molar-refractivity contribution in [3.05, 3.63) is 63.9 Å². The van der Waals surface area contributed by atoms with Gasteiger partial charge in [-0.05, 0) is 30.3 Å².